The second-order valence-electron chi connectivity index (χ2n) is 19.4. The van der Waals surface area contributed by atoms with Crippen molar-refractivity contribution in [2.75, 3.05) is 0 Å². The van der Waals surface area contributed by atoms with Crippen molar-refractivity contribution in [3.05, 3.63) is 253 Å². The van der Waals surface area contributed by atoms with Gasteiger partial charge in [-0.1, -0.05) is 186 Å². The molecule has 0 fully saturated rings. The molecule has 0 amide bonds. The lowest BCUT2D eigenvalue weighted by atomic mass is 9.97. The first-order chi connectivity index (χ1) is 35.3. The van der Waals surface area contributed by atoms with Gasteiger partial charge in [0.2, 0.25) is 0 Å². The summed E-state index contributed by atoms with van der Waals surface area (Å²) in [7, 11) is 0. The first kappa shape index (κ1) is 42.9. The van der Waals surface area contributed by atoms with E-state index in [0.29, 0.717) is 5.82 Å². The third-order valence-corrected chi connectivity index (χ3v) is 14.3. The van der Waals surface area contributed by atoms with Crippen molar-refractivity contribution in [3.8, 4) is 78.7 Å². The number of rotatable bonds is 8. The lowest BCUT2D eigenvalue weighted by Crippen LogP contribution is -2.03. The van der Waals surface area contributed by atoms with Crippen molar-refractivity contribution in [3.63, 3.8) is 0 Å². The van der Waals surface area contributed by atoms with Crippen molar-refractivity contribution in [1.82, 2.24) is 19.1 Å². The summed E-state index contributed by atoms with van der Waals surface area (Å²) < 4.78 is 4.92. The number of fused-ring (bicyclic) bond motifs is 6. The standard InChI is InChI=1S/C68H50N4/c1-43-33-44(2)36-52(35-43)49-27-30-66-58(39-49)59-40-50(53-37-45(3)34-46(4)38-53)28-31-67(59)72(66)65-32-29-51(68-69-60(47-17-7-5-8-18-47)42-61(70-68)48-19-9-6-10-20-48)41-57(65)56-23-13-16-26-64(56)71-62-24-14-11-21-54(62)55-22-12-15-25-63(55)71/h5-42H,1-4H3. The molecule has 0 radical (unpaired) electrons. The van der Waals surface area contributed by atoms with Crippen LogP contribution in [-0.2, 0) is 0 Å². The molecule has 72 heavy (non-hydrogen) atoms. The number of aromatic nitrogens is 4. The molecule has 0 bridgehead atoms. The van der Waals surface area contributed by atoms with Crippen LogP contribution in [0.3, 0.4) is 0 Å². The SMILES string of the molecule is Cc1cc(C)cc(-c2ccc3c(c2)c2cc(-c4cc(C)cc(C)c4)ccc2n3-c2ccc(-c3nc(-c4ccccc4)cc(-c4ccccc4)n3)cc2-c2ccccc2-n2c3ccccc3c3ccccc32)c1. The van der Waals surface area contributed by atoms with Gasteiger partial charge in [-0.05, 0) is 117 Å². The molecule has 0 aliphatic heterocycles. The second kappa shape index (κ2) is 17.4. The molecule has 0 aliphatic rings. The van der Waals surface area contributed by atoms with Crippen LogP contribution in [0, 0.1) is 27.7 Å². The van der Waals surface area contributed by atoms with Crippen LogP contribution in [0.1, 0.15) is 22.3 Å². The van der Waals surface area contributed by atoms with E-state index in [9.17, 15) is 0 Å². The minimum Gasteiger partial charge on any atom is -0.309 e. The minimum absolute atomic E-state index is 0.663. The Labute approximate surface area is 419 Å². The van der Waals surface area contributed by atoms with Gasteiger partial charge < -0.3 is 9.13 Å². The zero-order valence-corrected chi connectivity index (χ0v) is 40.7. The van der Waals surface area contributed by atoms with Crippen LogP contribution in [0.2, 0.25) is 0 Å². The Morgan fingerprint density at radius 3 is 1.19 bits per heavy atom. The molecule has 342 valence electrons. The van der Waals surface area contributed by atoms with E-state index in [0.717, 1.165) is 72.6 Å². The number of aryl methyl sites for hydroxylation is 4. The van der Waals surface area contributed by atoms with E-state index in [4.69, 9.17) is 9.97 Å². The quantitative estimate of drug-likeness (QED) is 0.152. The summed E-state index contributed by atoms with van der Waals surface area (Å²) >= 11 is 0. The van der Waals surface area contributed by atoms with Gasteiger partial charge in [0.1, 0.15) is 0 Å². The zero-order chi connectivity index (χ0) is 48.5. The number of benzene rings is 10. The van der Waals surface area contributed by atoms with E-state index in [-0.39, 0.29) is 0 Å². The highest BCUT2D eigenvalue weighted by Crippen LogP contribution is 2.44. The number of hydrogen-bond acceptors (Lipinski definition) is 2. The number of para-hydroxylation sites is 3. The van der Waals surface area contributed by atoms with Gasteiger partial charge >= 0.3 is 0 Å². The fourth-order valence-corrected chi connectivity index (χ4v) is 11.2. The monoisotopic (exact) mass is 922 g/mol. The van der Waals surface area contributed by atoms with E-state index in [1.54, 1.807) is 0 Å². The Bertz CT molecular complexity index is 3990. The van der Waals surface area contributed by atoms with Crippen molar-refractivity contribution < 1.29 is 0 Å². The van der Waals surface area contributed by atoms with Crippen molar-refractivity contribution in [1.29, 1.82) is 0 Å². The molecule has 10 aromatic carbocycles. The summed E-state index contributed by atoms with van der Waals surface area (Å²) in [4.78, 5) is 10.7. The maximum absolute atomic E-state index is 5.36. The largest absolute Gasteiger partial charge is 0.309 e. The van der Waals surface area contributed by atoms with Gasteiger partial charge in [0.25, 0.3) is 0 Å². The predicted molar refractivity (Wildman–Crippen MR) is 302 cm³/mol. The fraction of sp³-hybridized carbons (Fsp3) is 0.0588. The van der Waals surface area contributed by atoms with Crippen LogP contribution in [0.25, 0.3) is 122 Å². The normalized spacial score (nSPS) is 11.6. The summed E-state index contributed by atoms with van der Waals surface area (Å²) in [6, 6.07) is 84.0. The molecule has 4 heteroatoms. The fourth-order valence-electron chi connectivity index (χ4n) is 11.2. The molecule has 0 atom stereocenters. The van der Waals surface area contributed by atoms with Crippen LogP contribution in [-0.4, -0.2) is 19.1 Å². The molecule has 3 heterocycles. The van der Waals surface area contributed by atoms with Gasteiger partial charge in [0.05, 0.1) is 44.8 Å². The average molecular weight is 923 g/mol. The van der Waals surface area contributed by atoms with Crippen LogP contribution in [0.4, 0.5) is 0 Å². The predicted octanol–water partition coefficient (Wildman–Crippen LogP) is 17.9. The van der Waals surface area contributed by atoms with Crippen LogP contribution in [0.5, 0.6) is 0 Å². The van der Waals surface area contributed by atoms with Gasteiger partial charge in [-0.2, -0.15) is 0 Å². The third kappa shape index (κ3) is 7.48. The molecule has 3 aromatic heterocycles. The molecule has 0 aliphatic carbocycles. The van der Waals surface area contributed by atoms with Crippen LogP contribution < -0.4 is 0 Å². The summed E-state index contributed by atoms with van der Waals surface area (Å²) in [6.07, 6.45) is 0. The zero-order valence-electron chi connectivity index (χ0n) is 40.7. The first-order valence-electron chi connectivity index (χ1n) is 24.8. The second-order valence-corrected chi connectivity index (χ2v) is 19.4. The van der Waals surface area contributed by atoms with Gasteiger partial charge in [0.15, 0.2) is 5.82 Å². The summed E-state index contributed by atoms with van der Waals surface area (Å²) in [6.45, 7) is 8.74. The Balaban J connectivity index is 1.11. The van der Waals surface area contributed by atoms with Crippen molar-refractivity contribution in [2.45, 2.75) is 27.7 Å². The Morgan fingerprint density at radius 2 is 0.681 bits per heavy atom. The van der Waals surface area contributed by atoms with E-state index in [2.05, 4.69) is 255 Å². The third-order valence-electron chi connectivity index (χ3n) is 14.3. The molecule has 0 spiro atoms. The van der Waals surface area contributed by atoms with Gasteiger partial charge in [-0.15, -0.1) is 0 Å². The smallest absolute Gasteiger partial charge is 0.160 e. The molecule has 4 nitrogen and oxygen atoms in total. The van der Waals surface area contributed by atoms with Gasteiger partial charge in [-0.3, -0.25) is 0 Å². The maximum atomic E-state index is 5.36. The van der Waals surface area contributed by atoms with Gasteiger partial charge in [-0.25, -0.2) is 9.97 Å². The van der Waals surface area contributed by atoms with E-state index in [1.165, 1.54) is 66.1 Å². The van der Waals surface area contributed by atoms with Crippen molar-refractivity contribution >= 4 is 43.6 Å². The Kier molecular flexibility index (Phi) is 10.4. The minimum atomic E-state index is 0.663. The topological polar surface area (TPSA) is 35.6 Å². The summed E-state index contributed by atoms with van der Waals surface area (Å²) in [5.74, 6) is 0.663. The number of hydrogen-bond donors (Lipinski definition) is 0. The molecule has 0 unspecified atom stereocenters. The average Bonchev–Trinajstić information content (AvgIpc) is 3.92. The van der Waals surface area contributed by atoms with E-state index >= 15 is 0 Å². The molecule has 0 saturated heterocycles. The molecule has 0 N–H and O–H groups in total. The Hall–Kier alpha value is -9.12. The highest BCUT2D eigenvalue weighted by Gasteiger charge is 2.23. The molecular weight excluding hydrogens is 873 g/mol. The van der Waals surface area contributed by atoms with Crippen LogP contribution >= 0.6 is 0 Å². The molecule has 13 aromatic rings. The van der Waals surface area contributed by atoms with E-state index < -0.39 is 0 Å². The lowest BCUT2D eigenvalue weighted by Gasteiger charge is -2.20. The number of nitrogens with zero attached hydrogens (tertiary/aromatic N) is 4. The highest BCUT2D eigenvalue weighted by atomic mass is 15.0. The highest BCUT2D eigenvalue weighted by molar-refractivity contribution is 6.13. The molecule has 0 saturated carbocycles. The first-order valence-corrected chi connectivity index (χ1v) is 24.8. The van der Waals surface area contributed by atoms with Crippen molar-refractivity contribution in [2.24, 2.45) is 0 Å². The van der Waals surface area contributed by atoms with Gasteiger partial charge in [0, 0.05) is 49.4 Å². The molecular formula is C68H50N4. The summed E-state index contributed by atoms with van der Waals surface area (Å²) in [5.41, 5.74) is 23.5. The summed E-state index contributed by atoms with van der Waals surface area (Å²) in [5, 5.41) is 4.84. The Morgan fingerprint density at radius 1 is 0.264 bits per heavy atom. The lowest BCUT2D eigenvalue weighted by molar-refractivity contribution is 1.15. The van der Waals surface area contributed by atoms with Crippen LogP contribution in [0.15, 0.2) is 231 Å². The van der Waals surface area contributed by atoms with E-state index in [1.807, 2.05) is 12.1 Å². The maximum Gasteiger partial charge on any atom is 0.160 e. The molecule has 13 rings (SSSR count).